The number of hydrogen-bond acceptors (Lipinski definition) is 8. The van der Waals surface area contributed by atoms with Crippen LogP contribution in [0.1, 0.15) is 37.5 Å². The van der Waals surface area contributed by atoms with Crippen LogP contribution in [0.4, 0.5) is 4.79 Å². The van der Waals surface area contributed by atoms with Crippen molar-refractivity contribution in [3.05, 3.63) is 63.0 Å². The molecular formula is C25H23ClN2O6S. The molecule has 1 aliphatic rings. The SMILES string of the molecule is CCOC(=O)[C@@H](C)N1C(=O)S/C(=C/c2cc(Cl)c(OCc3ccccc3C#N)c(OCC)c2)C1=O. The molecule has 2 aromatic rings. The molecular weight excluding hydrogens is 492 g/mol. The topological polar surface area (TPSA) is 106 Å². The number of amides is 2. The minimum absolute atomic E-state index is 0.105. The van der Waals surface area contributed by atoms with Crippen molar-refractivity contribution in [1.82, 2.24) is 4.90 Å². The van der Waals surface area contributed by atoms with E-state index in [2.05, 4.69) is 6.07 Å². The molecule has 1 saturated heterocycles. The largest absolute Gasteiger partial charge is 0.490 e. The van der Waals surface area contributed by atoms with Gasteiger partial charge < -0.3 is 14.2 Å². The number of benzene rings is 2. The Morgan fingerprint density at radius 1 is 1.20 bits per heavy atom. The molecule has 2 amide bonds. The van der Waals surface area contributed by atoms with Gasteiger partial charge in [-0.2, -0.15) is 5.26 Å². The second-order valence-electron chi connectivity index (χ2n) is 7.30. The van der Waals surface area contributed by atoms with Crippen molar-refractivity contribution in [2.75, 3.05) is 13.2 Å². The molecule has 0 spiro atoms. The summed E-state index contributed by atoms with van der Waals surface area (Å²) in [5.74, 6) is -0.609. The summed E-state index contributed by atoms with van der Waals surface area (Å²) in [5, 5.41) is 8.96. The summed E-state index contributed by atoms with van der Waals surface area (Å²) in [4.78, 5) is 38.3. The van der Waals surface area contributed by atoms with Gasteiger partial charge in [-0.05, 0) is 62.4 Å². The molecule has 0 unspecified atom stereocenters. The first-order chi connectivity index (χ1) is 16.8. The van der Waals surface area contributed by atoms with Crippen molar-refractivity contribution in [3.8, 4) is 17.6 Å². The lowest BCUT2D eigenvalue weighted by atomic mass is 10.1. The van der Waals surface area contributed by atoms with Crippen LogP contribution in [0.3, 0.4) is 0 Å². The summed E-state index contributed by atoms with van der Waals surface area (Å²) in [6.45, 7) is 5.47. The van der Waals surface area contributed by atoms with E-state index in [9.17, 15) is 19.6 Å². The quantitative estimate of drug-likeness (QED) is 0.333. The highest BCUT2D eigenvalue weighted by atomic mass is 35.5. The number of carbonyl (C=O) groups excluding carboxylic acids is 3. The van der Waals surface area contributed by atoms with E-state index in [1.807, 2.05) is 6.07 Å². The van der Waals surface area contributed by atoms with Gasteiger partial charge in [0, 0.05) is 5.56 Å². The minimum Gasteiger partial charge on any atom is -0.490 e. The highest BCUT2D eigenvalue weighted by Crippen LogP contribution is 2.40. The van der Waals surface area contributed by atoms with E-state index in [1.54, 1.807) is 44.2 Å². The van der Waals surface area contributed by atoms with E-state index in [1.165, 1.54) is 13.0 Å². The molecule has 0 N–H and O–H groups in total. The van der Waals surface area contributed by atoms with Crippen LogP contribution >= 0.6 is 23.4 Å². The maximum Gasteiger partial charge on any atom is 0.329 e. The molecule has 0 bridgehead atoms. The predicted octanol–water partition coefficient (Wildman–Crippen LogP) is 5.18. The first kappa shape index (κ1) is 26.1. The number of esters is 1. The molecule has 3 rings (SSSR count). The van der Waals surface area contributed by atoms with E-state index in [4.69, 9.17) is 25.8 Å². The Morgan fingerprint density at radius 2 is 1.94 bits per heavy atom. The summed E-state index contributed by atoms with van der Waals surface area (Å²) in [7, 11) is 0. The highest BCUT2D eigenvalue weighted by Gasteiger charge is 2.41. The third kappa shape index (κ3) is 5.96. The number of thioether (sulfide) groups is 1. The van der Waals surface area contributed by atoms with Gasteiger partial charge >= 0.3 is 5.97 Å². The van der Waals surface area contributed by atoms with E-state index in [0.29, 0.717) is 34.8 Å². The van der Waals surface area contributed by atoms with Crippen LogP contribution in [0.25, 0.3) is 6.08 Å². The number of hydrogen-bond donors (Lipinski definition) is 0. The summed E-state index contributed by atoms with van der Waals surface area (Å²) < 4.78 is 16.5. The van der Waals surface area contributed by atoms with Gasteiger partial charge in [-0.15, -0.1) is 0 Å². The van der Waals surface area contributed by atoms with Crippen molar-refractivity contribution < 1.29 is 28.6 Å². The second-order valence-corrected chi connectivity index (χ2v) is 8.70. The van der Waals surface area contributed by atoms with E-state index >= 15 is 0 Å². The maximum atomic E-state index is 12.8. The highest BCUT2D eigenvalue weighted by molar-refractivity contribution is 8.18. The van der Waals surface area contributed by atoms with Gasteiger partial charge in [-0.3, -0.25) is 14.5 Å². The average molecular weight is 515 g/mol. The first-order valence-electron chi connectivity index (χ1n) is 10.8. The van der Waals surface area contributed by atoms with E-state index in [0.717, 1.165) is 16.7 Å². The van der Waals surface area contributed by atoms with Crippen LogP contribution in [0.15, 0.2) is 41.3 Å². The number of carbonyl (C=O) groups is 3. The number of ether oxygens (including phenoxy) is 3. The maximum absolute atomic E-state index is 12.8. The van der Waals surface area contributed by atoms with Crippen molar-refractivity contribution in [3.63, 3.8) is 0 Å². The number of nitrogens with zero attached hydrogens (tertiary/aromatic N) is 2. The summed E-state index contributed by atoms with van der Waals surface area (Å²) in [6.07, 6.45) is 1.51. The zero-order valence-electron chi connectivity index (χ0n) is 19.4. The van der Waals surface area contributed by atoms with Crippen LogP contribution in [-0.2, 0) is 20.9 Å². The van der Waals surface area contributed by atoms with E-state index in [-0.39, 0.29) is 23.1 Å². The van der Waals surface area contributed by atoms with Crippen LogP contribution in [-0.4, -0.2) is 41.3 Å². The normalized spacial score (nSPS) is 15.2. The van der Waals surface area contributed by atoms with E-state index < -0.39 is 23.2 Å². The number of imide groups is 1. The Kier molecular flexibility index (Phi) is 8.79. The monoisotopic (exact) mass is 514 g/mol. The van der Waals surface area contributed by atoms with Crippen molar-refractivity contribution >= 4 is 46.6 Å². The average Bonchev–Trinajstić information content (AvgIpc) is 3.11. The smallest absolute Gasteiger partial charge is 0.329 e. The molecule has 0 aromatic heterocycles. The van der Waals surface area contributed by atoms with Crippen LogP contribution < -0.4 is 9.47 Å². The van der Waals surface area contributed by atoms with Gasteiger partial charge in [0.05, 0.1) is 34.8 Å². The molecule has 1 atom stereocenters. The lowest BCUT2D eigenvalue weighted by Crippen LogP contribution is -2.42. The van der Waals surface area contributed by atoms with Gasteiger partial charge in [0.25, 0.3) is 11.1 Å². The fraction of sp³-hybridized carbons (Fsp3) is 0.280. The molecule has 0 aliphatic carbocycles. The van der Waals surface area contributed by atoms with Gasteiger partial charge in [0.15, 0.2) is 11.5 Å². The van der Waals surface area contributed by atoms with Gasteiger partial charge in [0.1, 0.15) is 12.6 Å². The Bertz CT molecular complexity index is 1220. The number of nitriles is 1. The minimum atomic E-state index is -1.04. The van der Waals surface area contributed by atoms with Crippen LogP contribution in [0, 0.1) is 11.3 Å². The molecule has 1 aliphatic heterocycles. The predicted molar refractivity (Wildman–Crippen MR) is 132 cm³/mol. The molecule has 2 aromatic carbocycles. The zero-order valence-corrected chi connectivity index (χ0v) is 20.9. The molecule has 0 radical (unpaired) electrons. The molecule has 35 heavy (non-hydrogen) atoms. The molecule has 1 heterocycles. The van der Waals surface area contributed by atoms with Crippen molar-refractivity contribution in [2.24, 2.45) is 0 Å². The molecule has 0 saturated carbocycles. The molecule has 8 nitrogen and oxygen atoms in total. The summed E-state index contributed by atoms with van der Waals surface area (Å²) in [6, 6.07) is 11.4. The van der Waals surface area contributed by atoms with Crippen LogP contribution in [0.2, 0.25) is 5.02 Å². The van der Waals surface area contributed by atoms with Crippen molar-refractivity contribution in [1.29, 1.82) is 5.26 Å². The third-order valence-electron chi connectivity index (χ3n) is 4.98. The van der Waals surface area contributed by atoms with Gasteiger partial charge in [0.2, 0.25) is 0 Å². The fourth-order valence-corrected chi connectivity index (χ4v) is 4.49. The Hall–Kier alpha value is -3.48. The fourth-order valence-electron chi connectivity index (χ4n) is 3.31. The van der Waals surface area contributed by atoms with Gasteiger partial charge in [-0.1, -0.05) is 29.8 Å². The number of halogens is 1. The standard InChI is InChI=1S/C25H23ClN2O6S/c1-4-32-20-11-16(10-19(26)22(20)34-14-18-9-7-6-8-17(18)13-27)12-21-23(29)28(25(31)35-21)15(3)24(30)33-5-2/h6-12,15H,4-5,14H2,1-3H3/b21-12+/t15-/m1/s1. The number of rotatable bonds is 9. The third-order valence-corrected chi connectivity index (χ3v) is 6.14. The zero-order chi connectivity index (χ0) is 25.5. The lowest BCUT2D eigenvalue weighted by molar-refractivity contribution is -0.150. The summed E-state index contributed by atoms with van der Waals surface area (Å²) >= 11 is 7.21. The molecule has 1 fully saturated rings. The molecule has 10 heteroatoms. The second kappa shape index (κ2) is 11.8. The Balaban J connectivity index is 1.87. The Labute approximate surface area is 212 Å². The molecule has 182 valence electrons. The first-order valence-corrected chi connectivity index (χ1v) is 12.0. The Morgan fingerprint density at radius 3 is 2.63 bits per heavy atom. The van der Waals surface area contributed by atoms with Crippen LogP contribution in [0.5, 0.6) is 11.5 Å². The van der Waals surface area contributed by atoms with Crippen molar-refractivity contribution in [2.45, 2.75) is 33.4 Å². The van der Waals surface area contributed by atoms with Gasteiger partial charge in [-0.25, -0.2) is 4.79 Å². The lowest BCUT2D eigenvalue weighted by Gasteiger charge is -2.19. The summed E-state index contributed by atoms with van der Waals surface area (Å²) in [5.41, 5.74) is 1.70.